The maximum absolute atomic E-state index is 14.0. The highest BCUT2D eigenvalue weighted by Gasteiger charge is 2.56. The first-order chi connectivity index (χ1) is 24.5. The number of rotatable bonds is 13. The monoisotopic (exact) mass is 751 g/mol. The Morgan fingerprint density at radius 2 is 1.33 bits per heavy atom. The maximum Gasteiger partial charge on any atom is 0.514 e. The molecule has 1 saturated heterocycles. The van der Waals surface area contributed by atoms with E-state index in [0.717, 1.165) is 40.0 Å². The zero-order valence-corrected chi connectivity index (χ0v) is 27.8. The summed E-state index contributed by atoms with van der Waals surface area (Å²) >= 11 is 0. The smallest absolute Gasteiger partial charge is 0.467 e. The molecular formula is C31H30F5NO15. The molecule has 16 nitrogen and oxygen atoms in total. The van der Waals surface area contributed by atoms with E-state index in [9.17, 15) is 50.7 Å². The van der Waals surface area contributed by atoms with Crippen LogP contribution in [-0.4, -0.2) is 94.0 Å². The Morgan fingerprint density at radius 1 is 0.769 bits per heavy atom. The highest BCUT2D eigenvalue weighted by molar-refractivity contribution is 5.97. The van der Waals surface area contributed by atoms with E-state index in [2.05, 4.69) is 10.1 Å². The van der Waals surface area contributed by atoms with Crippen molar-refractivity contribution in [2.24, 2.45) is 0 Å². The van der Waals surface area contributed by atoms with Crippen LogP contribution in [0.15, 0.2) is 18.2 Å². The van der Waals surface area contributed by atoms with Crippen molar-refractivity contribution < 1.29 is 93.4 Å². The van der Waals surface area contributed by atoms with Crippen molar-refractivity contribution in [3.63, 3.8) is 0 Å². The predicted octanol–water partition coefficient (Wildman–Crippen LogP) is 2.55. The molecule has 0 aliphatic carbocycles. The number of nitrogens with one attached hydrogen (secondary N) is 1. The molecule has 1 aliphatic rings. The Hall–Kier alpha value is -5.57. The van der Waals surface area contributed by atoms with Gasteiger partial charge in [-0.2, -0.15) is 8.78 Å². The standard InChI is InChI=1S/C31H30F5NO15/c1-12(38)47-24-25(48-13(2)39)27(49-14(3)40)30(51-26(24)29(42)45-5)50-17-7-6-15(10-16(17)28(41)37-8-9-44-4)11-46-31(43)52-23-21(35)19(33)18(32)20(34)22(23)36/h6-7,10,24-27,30H,8-9,11H2,1-5H3,(H,37,41)/t24-,25-,26-,27+,30+/m0/s1. The van der Waals surface area contributed by atoms with Gasteiger partial charge in [-0.1, -0.05) is 6.07 Å². The predicted molar refractivity (Wildman–Crippen MR) is 156 cm³/mol. The van der Waals surface area contributed by atoms with Crippen LogP contribution < -0.4 is 14.8 Å². The van der Waals surface area contributed by atoms with Gasteiger partial charge in [-0.15, -0.1) is 0 Å². The van der Waals surface area contributed by atoms with Crippen LogP contribution in [-0.2, 0) is 58.9 Å². The van der Waals surface area contributed by atoms with E-state index >= 15 is 0 Å². The number of benzene rings is 2. The van der Waals surface area contributed by atoms with Gasteiger partial charge in [0.1, 0.15) is 12.4 Å². The SMILES string of the molecule is COCCNC(=O)c1cc(COC(=O)Oc2c(F)c(F)c(F)c(F)c2F)ccc1O[C@@H]1O[C@H](C(=O)OC)[C@@H](OC(C)=O)[C@H](OC(C)=O)[C@H]1OC(C)=O. The summed E-state index contributed by atoms with van der Waals surface area (Å²) in [4.78, 5) is 74.3. The lowest BCUT2D eigenvalue weighted by molar-refractivity contribution is -0.282. The highest BCUT2D eigenvalue weighted by Crippen LogP contribution is 2.33. The minimum atomic E-state index is -2.49. The topological polar surface area (TPSA) is 198 Å². The molecular weight excluding hydrogens is 721 g/mol. The number of carbonyl (C=O) groups is 6. The summed E-state index contributed by atoms with van der Waals surface area (Å²) in [5.41, 5.74) is -0.392. The van der Waals surface area contributed by atoms with Crippen molar-refractivity contribution in [3.8, 4) is 11.5 Å². The molecule has 2 aromatic rings. The molecule has 1 amide bonds. The van der Waals surface area contributed by atoms with E-state index in [1.165, 1.54) is 13.2 Å². The van der Waals surface area contributed by atoms with Gasteiger partial charge in [-0.05, 0) is 17.7 Å². The molecule has 2 aromatic carbocycles. The second-order valence-corrected chi connectivity index (χ2v) is 10.4. The van der Waals surface area contributed by atoms with Crippen LogP contribution in [0.25, 0.3) is 0 Å². The van der Waals surface area contributed by atoms with E-state index < -0.39 is 108 Å². The molecule has 1 aliphatic heterocycles. The third-order valence-corrected chi connectivity index (χ3v) is 6.67. The fraction of sp³-hybridized carbons (Fsp3) is 0.419. The second-order valence-electron chi connectivity index (χ2n) is 10.4. The van der Waals surface area contributed by atoms with E-state index in [-0.39, 0.29) is 30.0 Å². The van der Waals surface area contributed by atoms with Gasteiger partial charge in [0.25, 0.3) is 5.91 Å². The van der Waals surface area contributed by atoms with Crippen LogP contribution in [0.4, 0.5) is 26.7 Å². The number of halogens is 5. The summed E-state index contributed by atoms with van der Waals surface area (Å²) in [6, 6.07) is 3.33. The van der Waals surface area contributed by atoms with Crippen molar-refractivity contribution >= 4 is 35.9 Å². The van der Waals surface area contributed by atoms with Gasteiger partial charge in [-0.25, -0.2) is 22.8 Å². The first-order valence-corrected chi connectivity index (χ1v) is 14.7. The molecule has 52 heavy (non-hydrogen) atoms. The molecule has 0 aromatic heterocycles. The highest BCUT2D eigenvalue weighted by atomic mass is 19.2. The maximum atomic E-state index is 14.0. The summed E-state index contributed by atoms with van der Waals surface area (Å²) in [7, 11) is 2.31. The number of hydrogen-bond donors (Lipinski definition) is 1. The fourth-order valence-electron chi connectivity index (χ4n) is 4.54. The molecule has 3 rings (SSSR count). The average molecular weight is 752 g/mol. The molecule has 1 N–H and O–H groups in total. The fourth-order valence-corrected chi connectivity index (χ4v) is 4.54. The van der Waals surface area contributed by atoms with Gasteiger partial charge in [0.05, 0.1) is 19.3 Å². The Labute approximate surface area is 290 Å². The van der Waals surface area contributed by atoms with Gasteiger partial charge < -0.3 is 47.9 Å². The van der Waals surface area contributed by atoms with Crippen molar-refractivity contribution in [1.82, 2.24) is 5.32 Å². The largest absolute Gasteiger partial charge is 0.514 e. The molecule has 1 fully saturated rings. The molecule has 284 valence electrons. The zero-order valence-electron chi connectivity index (χ0n) is 27.8. The van der Waals surface area contributed by atoms with E-state index in [1.807, 2.05) is 0 Å². The zero-order chi connectivity index (χ0) is 38.9. The second kappa shape index (κ2) is 18.1. The summed E-state index contributed by atoms with van der Waals surface area (Å²) in [5, 5.41) is 2.48. The quantitative estimate of drug-likeness (QED) is 0.0596. The minimum absolute atomic E-state index is 0.0386. The first-order valence-electron chi connectivity index (χ1n) is 14.7. The Morgan fingerprint density at radius 3 is 1.88 bits per heavy atom. The third kappa shape index (κ3) is 10.0. The lowest BCUT2D eigenvalue weighted by atomic mass is 9.97. The summed E-state index contributed by atoms with van der Waals surface area (Å²) in [6.07, 6.45) is -10.8. The Bertz CT molecular complexity index is 1680. The lowest BCUT2D eigenvalue weighted by Gasteiger charge is -2.43. The molecule has 1 heterocycles. The molecule has 0 saturated carbocycles. The van der Waals surface area contributed by atoms with Crippen LogP contribution >= 0.6 is 0 Å². The molecule has 0 spiro atoms. The van der Waals surface area contributed by atoms with E-state index in [1.54, 1.807) is 0 Å². The minimum Gasteiger partial charge on any atom is -0.467 e. The van der Waals surface area contributed by atoms with Gasteiger partial charge in [0.15, 0.2) is 18.3 Å². The number of hydrogen-bond acceptors (Lipinski definition) is 15. The van der Waals surface area contributed by atoms with Crippen molar-refractivity contribution in [1.29, 1.82) is 0 Å². The summed E-state index contributed by atoms with van der Waals surface area (Å²) < 4.78 is 114. The number of amides is 1. The van der Waals surface area contributed by atoms with Crippen LogP contribution in [0.5, 0.6) is 11.5 Å². The normalized spacial score (nSPS) is 19.5. The number of ether oxygens (including phenoxy) is 9. The molecule has 0 bridgehead atoms. The Kier molecular flexibility index (Phi) is 14.2. The Balaban J connectivity index is 1.99. The number of esters is 4. The molecule has 0 unspecified atom stereocenters. The first kappa shape index (κ1) is 40.9. The summed E-state index contributed by atoms with van der Waals surface area (Å²) in [5.74, 6) is -19.3. The van der Waals surface area contributed by atoms with Crippen LogP contribution in [0, 0.1) is 29.1 Å². The van der Waals surface area contributed by atoms with Gasteiger partial charge in [0, 0.05) is 34.4 Å². The lowest BCUT2D eigenvalue weighted by Crippen LogP contribution is -2.64. The van der Waals surface area contributed by atoms with E-state index in [4.69, 9.17) is 37.9 Å². The third-order valence-electron chi connectivity index (χ3n) is 6.67. The van der Waals surface area contributed by atoms with Crippen LogP contribution in [0.1, 0.15) is 36.7 Å². The van der Waals surface area contributed by atoms with Gasteiger partial charge in [-0.3, -0.25) is 19.2 Å². The van der Waals surface area contributed by atoms with Crippen LogP contribution in [0.3, 0.4) is 0 Å². The van der Waals surface area contributed by atoms with Crippen molar-refractivity contribution in [2.45, 2.75) is 58.1 Å². The van der Waals surface area contributed by atoms with Gasteiger partial charge >= 0.3 is 30.0 Å². The van der Waals surface area contributed by atoms with Gasteiger partial charge in [0.2, 0.25) is 47.2 Å². The average Bonchev–Trinajstić information content (AvgIpc) is 3.09. The van der Waals surface area contributed by atoms with Crippen molar-refractivity contribution in [3.05, 3.63) is 58.4 Å². The number of methoxy groups -OCH3 is 2. The molecule has 5 atom stereocenters. The molecule has 0 radical (unpaired) electrons. The van der Waals surface area contributed by atoms with Crippen molar-refractivity contribution in [2.75, 3.05) is 27.4 Å². The van der Waals surface area contributed by atoms with Crippen LogP contribution in [0.2, 0.25) is 0 Å². The van der Waals surface area contributed by atoms with E-state index in [0.29, 0.717) is 0 Å². The summed E-state index contributed by atoms with van der Waals surface area (Å²) in [6.45, 7) is 2.08. The number of carbonyl (C=O) groups excluding carboxylic acids is 6. The molecule has 21 heteroatoms.